The van der Waals surface area contributed by atoms with Crippen molar-refractivity contribution in [3.63, 3.8) is 0 Å². The van der Waals surface area contributed by atoms with E-state index in [0.29, 0.717) is 29.7 Å². The fourth-order valence-electron chi connectivity index (χ4n) is 2.82. The number of carbonyl (C=O) groups is 2. The van der Waals surface area contributed by atoms with Crippen LogP contribution in [0.2, 0.25) is 0 Å². The van der Waals surface area contributed by atoms with Gasteiger partial charge in [-0.25, -0.2) is 0 Å². The summed E-state index contributed by atoms with van der Waals surface area (Å²) in [6.07, 6.45) is 1.37. The molecular weight excluding hydrogens is 268 g/mol. The second-order valence-corrected chi connectivity index (χ2v) is 5.12. The topological polar surface area (TPSA) is 103 Å². The quantitative estimate of drug-likeness (QED) is 0.862. The zero-order valence-corrected chi connectivity index (χ0v) is 11.3. The minimum atomic E-state index is -0.542. The highest BCUT2D eigenvalue weighted by Crippen LogP contribution is 2.23. The van der Waals surface area contributed by atoms with E-state index >= 15 is 0 Å². The van der Waals surface area contributed by atoms with E-state index in [9.17, 15) is 9.59 Å². The molecule has 3 N–H and O–H groups in total. The Bertz CT molecular complexity index is 772. The number of nitrogens with one attached hydrogen (secondary N) is 1. The SMILES string of the molecule is N#Cc1cccc2cc(C(=O)N3CCC[C@H]3C(N)=O)[nH]c12. The third-order valence-corrected chi connectivity index (χ3v) is 3.85. The highest BCUT2D eigenvalue weighted by Gasteiger charge is 2.33. The molecule has 3 rings (SSSR count). The number of hydrogen-bond donors (Lipinski definition) is 2. The summed E-state index contributed by atoms with van der Waals surface area (Å²) in [7, 11) is 0. The number of nitrogens with two attached hydrogens (primary N) is 1. The van der Waals surface area contributed by atoms with Gasteiger partial charge in [-0.05, 0) is 25.0 Å². The van der Waals surface area contributed by atoms with Crippen molar-refractivity contribution < 1.29 is 9.59 Å². The Morgan fingerprint density at radius 2 is 2.24 bits per heavy atom. The van der Waals surface area contributed by atoms with Gasteiger partial charge < -0.3 is 15.6 Å². The minimum Gasteiger partial charge on any atom is -0.368 e. The van der Waals surface area contributed by atoms with Crippen molar-refractivity contribution in [2.24, 2.45) is 5.73 Å². The van der Waals surface area contributed by atoms with Gasteiger partial charge in [0, 0.05) is 11.9 Å². The van der Waals surface area contributed by atoms with Crippen LogP contribution in [0.3, 0.4) is 0 Å². The van der Waals surface area contributed by atoms with E-state index in [1.807, 2.05) is 6.07 Å². The van der Waals surface area contributed by atoms with Crippen LogP contribution in [0.4, 0.5) is 0 Å². The lowest BCUT2D eigenvalue weighted by molar-refractivity contribution is -0.121. The molecule has 2 aromatic rings. The molecule has 6 nitrogen and oxygen atoms in total. The standard InChI is InChI=1S/C15H14N4O2/c16-8-10-4-1-3-9-7-11(18-13(9)10)15(21)19-6-2-5-12(19)14(17)20/h1,3-4,7,12,18H,2,5-6H2,(H2,17,20)/t12-/m0/s1. The van der Waals surface area contributed by atoms with Crippen LogP contribution in [-0.2, 0) is 4.79 Å². The summed E-state index contributed by atoms with van der Waals surface area (Å²) in [6.45, 7) is 0.521. The van der Waals surface area contributed by atoms with Crippen LogP contribution in [0, 0.1) is 11.3 Å². The molecule has 0 aliphatic carbocycles. The van der Waals surface area contributed by atoms with Gasteiger partial charge in [0.05, 0.1) is 11.1 Å². The zero-order chi connectivity index (χ0) is 15.0. The van der Waals surface area contributed by atoms with Crippen molar-refractivity contribution in [1.29, 1.82) is 5.26 Å². The molecule has 1 aromatic heterocycles. The lowest BCUT2D eigenvalue weighted by atomic mass is 10.1. The fraction of sp³-hybridized carbons (Fsp3) is 0.267. The summed E-state index contributed by atoms with van der Waals surface area (Å²) in [5.74, 6) is -0.730. The summed E-state index contributed by atoms with van der Waals surface area (Å²) in [6, 6.07) is 8.54. The summed E-state index contributed by atoms with van der Waals surface area (Å²) < 4.78 is 0. The average molecular weight is 282 g/mol. The molecule has 2 amide bonds. The first-order valence-corrected chi connectivity index (χ1v) is 6.74. The van der Waals surface area contributed by atoms with Gasteiger partial charge in [0.2, 0.25) is 5.91 Å². The number of primary amides is 1. The van der Waals surface area contributed by atoms with E-state index in [4.69, 9.17) is 11.0 Å². The number of para-hydroxylation sites is 1. The predicted molar refractivity (Wildman–Crippen MR) is 76.3 cm³/mol. The normalized spacial score (nSPS) is 17.9. The number of rotatable bonds is 2. The number of nitrogens with zero attached hydrogens (tertiary/aromatic N) is 2. The van der Waals surface area contributed by atoms with Crippen LogP contribution in [0.15, 0.2) is 24.3 Å². The first kappa shape index (κ1) is 13.2. The molecule has 1 fully saturated rings. The summed E-state index contributed by atoms with van der Waals surface area (Å²) in [4.78, 5) is 28.4. The fourth-order valence-corrected chi connectivity index (χ4v) is 2.82. The van der Waals surface area contributed by atoms with Gasteiger partial charge in [0.25, 0.3) is 5.91 Å². The molecule has 0 unspecified atom stereocenters. The number of benzene rings is 1. The van der Waals surface area contributed by atoms with E-state index in [-0.39, 0.29) is 5.91 Å². The van der Waals surface area contributed by atoms with E-state index < -0.39 is 11.9 Å². The molecule has 106 valence electrons. The van der Waals surface area contributed by atoms with Crippen LogP contribution in [0.25, 0.3) is 10.9 Å². The predicted octanol–water partition coefficient (Wildman–Crippen LogP) is 1.13. The van der Waals surface area contributed by atoms with Crippen molar-refractivity contribution in [3.8, 4) is 6.07 Å². The molecule has 1 aliphatic heterocycles. The highest BCUT2D eigenvalue weighted by atomic mass is 16.2. The largest absolute Gasteiger partial charge is 0.368 e. The summed E-state index contributed by atoms with van der Waals surface area (Å²) in [5.41, 5.74) is 6.84. The monoisotopic (exact) mass is 282 g/mol. The molecule has 0 spiro atoms. The number of amides is 2. The molecule has 0 saturated carbocycles. The lowest BCUT2D eigenvalue weighted by Gasteiger charge is -2.21. The summed E-state index contributed by atoms with van der Waals surface area (Å²) >= 11 is 0. The molecule has 0 bridgehead atoms. The second kappa shape index (κ2) is 4.94. The van der Waals surface area contributed by atoms with Gasteiger partial charge in [0.15, 0.2) is 0 Å². The van der Waals surface area contributed by atoms with Gasteiger partial charge in [0.1, 0.15) is 17.8 Å². The summed E-state index contributed by atoms with van der Waals surface area (Å²) in [5, 5.41) is 9.88. The van der Waals surface area contributed by atoms with Gasteiger partial charge in [-0.1, -0.05) is 12.1 Å². The molecule has 21 heavy (non-hydrogen) atoms. The van der Waals surface area contributed by atoms with Crippen molar-refractivity contribution in [2.75, 3.05) is 6.54 Å². The van der Waals surface area contributed by atoms with Crippen molar-refractivity contribution in [1.82, 2.24) is 9.88 Å². The van der Waals surface area contributed by atoms with Crippen LogP contribution >= 0.6 is 0 Å². The maximum Gasteiger partial charge on any atom is 0.270 e. The van der Waals surface area contributed by atoms with Gasteiger partial charge >= 0.3 is 0 Å². The molecule has 1 aromatic carbocycles. The average Bonchev–Trinajstić information content (AvgIpc) is 3.12. The Hall–Kier alpha value is -2.81. The third kappa shape index (κ3) is 2.13. The highest BCUT2D eigenvalue weighted by molar-refractivity contribution is 6.01. The van der Waals surface area contributed by atoms with Crippen LogP contribution < -0.4 is 5.73 Å². The van der Waals surface area contributed by atoms with Gasteiger partial charge in [-0.2, -0.15) is 5.26 Å². The molecule has 1 atom stereocenters. The number of aromatic amines is 1. The molecule has 2 heterocycles. The Morgan fingerprint density at radius 3 is 2.95 bits per heavy atom. The molecule has 1 aliphatic rings. The van der Waals surface area contributed by atoms with E-state index in [0.717, 1.165) is 11.8 Å². The molecule has 1 saturated heterocycles. The van der Waals surface area contributed by atoms with Crippen LogP contribution in [0.1, 0.15) is 28.9 Å². The van der Waals surface area contributed by atoms with E-state index in [1.165, 1.54) is 4.90 Å². The zero-order valence-electron chi connectivity index (χ0n) is 11.3. The number of nitriles is 1. The second-order valence-electron chi connectivity index (χ2n) is 5.12. The third-order valence-electron chi connectivity index (χ3n) is 3.85. The maximum absolute atomic E-state index is 12.5. The number of H-pyrrole nitrogens is 1. The number of hydrogen-bond acceptors (Lipinski definition) is 3. The Kier molecular flexibility index (Phi) is 3.10. The maximum atomic E-state index is 12.5. The van der Waals surface area contributed by atoms with Crippen molar-refractivity contribution in [2.45, 2.75) is 18.9 Å². The first-order chi connectivity index (χ1) is 10.1. The van der Waals surface area contributed by atoms with E-state index in [2.05, 4.69) is 11.1 Å². The molecule has 6 heteroatoms. The smallest absolute Gasteiger partial charge is 0.270 e. The minimum absolute atomic E-state index is 0.253. The van der Waals surface area contributed by atoms with Gasteiger partial charge in [-0.3, -0.25) is 9.59 Å². The lowest BCUT2D eigenvalue weighted by Crippen LogP contribution is -2.43. The number of carbonyl (C=O) groups excluding carboxylic acids is 2. The number of likely N-dealkylation sites (tertiary alicyclic amines) is 1. The van der Waals surface area contributed by atoms with Crippen molar-refractivity contribution in [3.05, 3.63) is 35.5 Å². The van der Waals surface area contributed by atoms with Crippen LogP contribution in [0.5, 0.6) is 0 Å². The molecule has 0 radical (unpaired) electrons. The van der Waals surface area contributed by atoms with Crippen LogP contribution in [-0.4, -0.2) is 34.3 Å². The number of fused-ring (bicyclic) bond motifs is 1. The number of aromatic nitrogens is 1. The van der Waals surface area contributed by atoms with Crippen molar-refractivity contribution >= 4 is 22.7 Å². The molecular formula is C15H14N4O2. The van der Waals surface area contributed by atoms with E-state index in [1.54, 1.807) is 18.2 Å². The Morgan fingerprint density at radius 1 is 1.43 bits per heavy atom. The Balaban J connectivity index is 1.99. The Labute approximate surface area is 121 Å². The first-order valence-electron chi connectivity index (χ1n) is 6.74. The van der Waals surface area contributed by atoms with Gasteiger partial charge in [-0.15, -0.1) is 0 Å².